The van der Waals surface area contributed by atoms with E-state index in [1.54, 1.807) is 15.8 Å². The molecule has 0 radical (unpaired) electrons. The molecule has 1 aliphatic heterocycles. The lowest BCUT2D eigenvalue weighted by atomic mass is 9.89. The van der Waals surface area contributed by atoms with Gasteiger partial charge < -0.3 is 14.7 Å². The van der Waals surface area contributed by atoms with Crippen LogP contribution in [-0.4, -0.2) is 57.5 Å². The number of carboxylic acid groups (broad SMARTS) is 1. The molecule has 2 heterocycles. The minimum absolute atomic E-state index is 0.112. The first kappa shape index (κ1) is 19.1. The zero-order chi connectivity index (χ0) is 19.6. The summed E-state index contributed by atoms with van der Waals surface area (Å²) in [6, 6.07) is 9.65. The first-order chi connectivity index (χ1) is 12.8. The molecule has 1 atom stereocenters. The summed E-state index contributed by atoms with van der Waals surface area (Å²) in [7, 11) is 0. The maximum atomic E-state index is 13.2. The molecule has 0 unspecified atom stereocenters. The fourth-order valence-corrected chi connectivity index (χ4v) is 3.19. The molecule has 7 nitrogen and oxygen atoms in total. The third kappa shape index (κ3) is 4.36. The van der Waals surface area contributed by atoms with Crippen molar-refractivity contribution in [2.75, 3.05) is 19.7 Å². The van der Waals surface area contributed by atoms with Gasteiger partial charge in [0.1, 0.15) is 0 Å². The van der Waals surface area contributed by atoms with Crippen molar-refractivity contribution in [1.29, 1.82) is 0 Å². The number of hydrogen-bond acceptors (Lipinski definition) is 4. The Morgan fingerprint density at radius 3 is 2.59 bits per heavy atom. The van der Waals surface area contributed by atoms with Crippen molar-refractivity contribution in [2.45, 2.75) is 38.7 Å². The number of para-hydroxylation sites is 1. The molecule has 0 saturated carbocycles. The Hall–Kier alpha value is -2.67. The second-order valence-corrected chi connectivity index (χ2v) is 7.76. The molecule has 2 aromatic rings. The van der Waals surface area contributed by atoms with Gasteiger partial charge >= 0.3 is 5.97 Å². The van der Waals surface area contributed by atoms with Crippen LogP contribution in [0.4, 0.5) is 0 Å². The average molecular weight is 371 g/mol. The molecule has 0 aliphatic carbocycles. The standard InChI is InChI=1S/C20H25N3O4/c1-20(2,3)18-16(13-23(21-18)14-7-5-4-6-8-14)19(26)22-9-10-27-15(12-22)11-17(24)25/h4-8,13,15H,9-12H2,1-3H3,(H,24,25)/t15-/m0/s1. The van der Waals surface area contributed by atoms with Crippen molar-refractivity contribution in [3.05, 3.63) is 47.8 Å². The normalized spacial score (nSPS) is 17.7. The van der Waals surface area contributed by atoms with Crippen LogP contribution in [-0.2, 0) is 14.9 Å². The number of carbonyl (C=O) groups excluding carboxylic acids is 1. The number of carboxylic acids is 1. The van der Waals surface area contributed by atoms with Crippen LogP contribution in [0.25, 0.3) is 5.69 Å². The molecule has 0 bridgehead atoms. The Morgan fingerprint density at radius 2 is 1.96 bits per heavy atom. The Kier molecular flexibility index (Phi) is 5.32. The first-order valence-electron chi connectivity index (χ1n) is 9.04. The van der Waals surface area contributed by atoms with Crippen LogP contribution in [0.3, 0.4) is 0 Å². The van der Waals surface area contributed by atoms with Crippen molar-refractivity contribution in [2.24, 2.45) is 0 Å². The largest absolute Gasteiger partial charge is 0.481 e. The zero-order valence-electron chi connectivity index (χ0n) is 15.9. The first-order valence-corrected chi connectivity index (χ1v) is 9.04. The third-order valence-electron chi connectivity index (χ3n) is 4.50. The van der Waals surface area contributed by atoms with Gasteiger partial charge in [0.05, 0.1) is 36.1 Å². The molecular weight excluding hydrogens is 346 g/mol. The lowest BCUT2D eigenvalue weighted by molar-refractivity contribution is -0.141. The SMILES string of the molecule is CC(C)(C)c1nn(-c2ccccc2)cc1C(=O)N1CCO[C@@H](CC(=O)O)C1. The molecule has 1 amide bonds. The Bertz CT molecular complexity index is 823. The van der Waals surface area contributed by atoms with Gasteiger partial charge in [-0.1, -0.05) is 39.0 Å². The highest BCUT2D eigenvalue weighted by Crippen LogP contribution is 2.27. The van der Waals surface area contributed by atoms with Crippen molar-refractivity contribution in [3.8, 4) is 5.69 Å². The number of aromatic nitrogens is 2. The average Bonchev–Trinajstić information content (AvgIpc) is 3.07. The summed E-state index contributed by atoms with van der Waals surface area (Å²) in [6.45, 7) is 7.11. The maximum absolute atomic E-state index is 13.2. The summed E-state index contributed by atoms with van der Waals surface area (Å²) in [6.07, 6.45) is 1.17. The number of aliphatic carboxylic acids is 1. The summed E-state index contributed by atoms with van der Waals surface area (Å²) < 4.78 is 7.21. The van der Waals surface area contributed by atoms with Crippen LogP contribution in [0.15, 0.2) is 36.5 Å². The minimum atomic E-state index is -0.929. The van der Waals surface area contributed by atoms with Crippen molar-refractivity contribution >= 4 is 11.9 Å². The van der Waals surface area contributed by atoms with Crippen molar-refractivity contribution < 1.29 is 19.4 Å². The monoisotopic (exact) mass is 371 g/mol. The van der Waals surface area contributed by atoms with E-state index < -0.39 is 12.1 Å². The Labute approximate surface area is 158 Å². The van der Waals surface area contributed by atoms with E-state index in [4.69, 9.17) is 9.84 Å². The van der Waals surface area contributed by atoms with Crippen LogP contribution in [0.5, 0.6) is 0 Å². The van der Waals surface area contributed by atoms with E-state index >= 15 is 0 Å². The lowest BCUT2D eigenvalue weighted by Gasteiger charge is -2.32. The van der Waals surface area contributed by atoms with E-state index in [0.717, 1.165) is 11.4 Å². The number of ether oxygens (including phenoxy) is 1. The van der Waals surface area contributed by atoms with Crippen LogP contribution < -0.4 is 0 Å². The number of rotatable bonds is 4. The lowest BCUT2D eigenvalue weighted by Crippen LogP contribution is -2.46. The molecule has 1 aliphatic rings. The minimum Gasteiger partial charge on any atom is -0.481 e. The Morgan fingerprint density at radius 1 is 1.26 bits per heavy atom. The maximum Gasteiger partial charge on any atom is 0.306 e. The molecule has 1 N–H and O–H groups in total. The highest BCUT2D eigenvalue weighted by atomic mass is 16.5. The fraction of sp³-hybridized carbons (Fsp3) is 0.450. The van der Waals surface area contributed by atoms with Gasteiger partial charge in [-0.05, 0) is 12.1 Å². The molecule has 27 heavy (non-hydrogen) atoms. The van der Waals surface area contributed by atoms with E-state index in [-0.39, 0.29) is 24.3 Å². The van der Waals surface area contributed by atoms with E-state index in [0.29, 0.717) is 18.7 Å². The number of benzene rings is 1. The van der Waals surface area contributed by atoms with Crippen LogP contribution >= 0.6 is 0 Å². The summed E-state index contributed by atoms with van der Waals surface area (Å²) in [5.41, 5.74) is 1.84. The fourth-order valence-electron chi connectivity index (χ4n) is 3.19. The van der Waals surface area contributed by atoms with Gasteiger partial charge in [-0.2, -0.15) is 5.10 Å². The second-order valence-electron chi connectivity index (χ2n) is 7.76. The predicted molar refractivity (Wildman–Crippen MR) is 100 cm³/mol. The highest BCUT2D eigenvalue weighted by Gasteiger charge is 2.32. The number of carbonyl (C=O) groups is 2. The highest BCUT2D eigenvalue weighted by molar-refractivity contribution is 5.95. The van der Waals surface area contributed by atoms with Gasteiger partial charge in [0.25, 0.3) is 5.91 Å². The van der Waals surface area contributed by atoms with Gasteiger partial charge in [-0.3, -0.25) is 9.59 Å². The smallest absolute Gasteiger partial charge is 0.306 e. The third-order valence-corrected chi connectivity index (χ3v) is 4.50. The molecular formula is C20H25N3O4. The number of morpholine rings is 1. The second kappa shape index (κ2) is 7.52. The predicted octanol–water partition coefficient (Wildman–Crippen LogP) is 2.49. The molecule has 1 saturated heterocycles. The molecule has 3 rings (SSSR count). The number of hydrogen-bond donors (Lipinski definition) is 1. The zero-order valence-corrected chi connectivity index (χ0v) is 15.9. The molecule has 0 spiro atoms. The van der Waals surface area contributed by atoms with Gasteiger partial charge in [0, 0.05) is 24.7 Å². The van der Waals surface area contributed by atoms with Crippen LogP contribution in [0, 0.1) is 0 Å². The van der Waals surface area contributed by atoms with E-state index in [1.165, 1.54) is 0 Å². The van der Waals surface area contributed by atoms with Crippen molar-refractivity contribution in [3.63, 3.8) is 0 Å². The quantitative estimate of drug-likeness (QED) is 0.893. The van der Waals surface area contributed by atoms with Crippen LogP contribution in [0.1, 0.15) is 43.2 Å². The molecule has 144 valence electrons. The molecule has 1 fully saturated rings. The van der Waals surface area contributed by atoms with E-state index in [2.05, 4.69) is 5.10 Å². The molecule has 1 aromatic carbocycles. The number of amides is 1. The van der Waals surface area contributed by atoms with Crippen LogP contribution in [0.2, 0.25) is 0 Å². The summed E-state index contributed by atoms with van der Waals surface area (Å²) in [5.74, 6) is -1.07. The summed E-state index contributed by atoms with van der Waals surface area (Å²) in [4.78, 5) is 25.8. The summed E-state index contributed by atoms with van der Waals surface area (Å²) >= 11 is 0. The van der Waals surface area contributed by atoms with Gasteiger partial charge in [0.15, 0.2) is 0 Å². The molecule has 7 heteroatoms. The van der Waals surface area contributed by atoms with E-state index in [9.17, 15) is 9.59 Å². The van der Waals surface area contributed by atoms with Gasteiger partial charge in [-0.15, -0.1) is 0 Å². The molecule has 1 aromatic heterocycles. The number of nitrogens with zero attached hydrogens (tertiary/aromatic N) is 3. The summed E-state index contributed by atoms with van der Waals surface area (Å²) in [5, 5.41) is 13.7. The van der Waals surface area contributed by atoms with Gasteiger partial charge in [0.2, 0.25) is 0 Å². The van der Waals surface area contributed by atoms with Crippen molar-refractivity contribution in [1.82, 2.24) is 14.7 Å². The Balaban J connectivity index is 1.91. The van der Waals surface area contributed by atoms with Gasteiger partial charge in [-0.25, -0.2) is 4.68 Å². The van der Waals surface area contributed by atoms with E-state index in [1.807, 2.05) is 51.1 Å². The topological polar surface area (TPSA) is 84.7 Å².